The second kappa shape index (κ2) is 12.7. The molecular weight excluding hydrogens is 482 g/mol. The van der Waals surface area contributed by atoms with Crippen LogP contribution in [0.5, 0.6) is 0 Å². The fourth-order valence-electron chi connectivity index (χ4n) is 5.83. The number of nitrogens with zero attached hydrogens (tertiary/aromatic N) is 1. The number of benzene rings is 1. The highest BCUT2D eigenvalue weighted by Crippen LogP contribution is 2.57. The summed E-state index contributed by atoms with van der Waals surface area (Å²) < 4.78 is 5.53. The molecule has 2 heterocycles. The van der Waals surface area contributed by atoms with E-state index < -0.39 is 11.5 Å². The van der Waals surface area contributed by atoms with Crippen LogP contribution in [0.3, 0.4) is 0 Å². The fraction of sp³-hybridized carbons (Fsp3) is 0.600. The van der Waals surface area contributed by atoms with E-state index in [4.69, 9.17) is 4.74 Å². The van der Waals surface area contributed by atoms with Crippen LogP contribution >= 0.6 is 0 Å². The highest BCUT2D eigenvalue weighted by molar-refractivity contribution is 5.97. The van der Waals surface area contributed by atoms with Crippen LogP contribution in [0.15, 0.2) is 42.5 Å². The molecule has 2 aliphatic heterocycles. The lowest BCUT2D eigenvalue weighted by Gasteiger charge is -2.28. The van der Waals surface area contributed by atoms with Crippen LogP contribution in [0.25, 0.3) is 0 Å². The average molecular weight is 524 g/mol. The smallest absolute Gasteiger partial charge is 0.239 e. The molecule has 3 amide bonds. The van der Waals surface area contributed by atoms with Gasteiger partial charge in [-0.1, -0.05) is 62.2 Å². The van der Waals surface area contributed by atoms with Gasteiger partial charge in [-0.25, -0.2) is 0 Å². The third kappa shape index (κ3) is 6.70. The van der Waals surface area contributed by atoms with Crippen molar-refractivity contribution in [2.45, 2.75) is 77.0 Å². The summed E-state index contributed by atoms with van der Waals surface area (Å²) in [6.45, 7) is 2.58. The topological polar surface area (TPSA) is 105 Å². The summed E-state index contributed by atoms with van der Waals surface area (Å²) >= 11 is 0. The average Bonchev–Trinajstić information content (AvgIpc) is 3.44. The lowest BCUT2D eigenvalue weighted by atomic mass is 9.90. The van der Waals surface area contributed by atoms with E-state index in [2.05, 4.69) is 22.8 Å². The number of Topliss-reactive ketones (excluding diaryl/α,β-unsaturated/α-hetero) is 1. The van der Waals surface area contributed by atoms with Crippen LogP contribution in [-0.2, 0) is 30.5 Å². The van der Waals surface area contributed by atoms with Crippen molar-refractivity contribution in [3.8, 4) is 0 Å². The van der Waals surface area contributed by atoms with E-state index in [0.717, 1.165) is 37.7 Å². The van der Waals surface area contributed by atoms with Gasteiger partial charge < -0.3 is 20.3 Å². The highest BCUT2D eigenvalue weighted by atomic mass is 16.5. The number of ether oxygens (including phenoxy) is 1. The summed E-state index contributed by atoms with van der Waals surface area (Å²) in [4.78, 5) is 54.5. The van der Waals surface area contributed by atoms with Gasteiger partial charge >= 0.3 is 0 Å². The minimum absolute atomic E-state index is 0.00293. The van der Waals surface area contributed by atoms with E-state index in [-0.39, 0.29) is 54.4 Å². The van der Waals surface area contributed by atoms with Crippen LogP contribution in [0.2, 0.25) is 0 Å². The summed E-state index contributed by atoms with van der Waals surface area (Å²) in [6, 6.07) is 9.00. The lowest BCUT2D eigenvalue weighted by molar-refractivity contribution is -0.142. The van der Waals surface area contributed by atoms with Gasteiger partial charge in [0.15, 0.2) is 5.78 Å². The zero-order valence-corrected chi connectivity index (χ0v) is 22.6. The number of hydrogen-bond acceptors (Lipinski definition) is 5. The summed E-state index contributed by atoms with van der Waals surface area (Å²) in [5.74, 6) is -0.850. The molecule has 4 rings (SSSR count). The zero-order valence-electron chi connectivity index (χ0n) is 22.6. The van der Waals surface area contributed by atoms with Gasteiger partial charge in [-0.3, -0.25) is 19.2 Å². The molecule has 2 N–H and O–H groups in total. The highest BCUT2D eigenvalue weighted by Gasteiger charge is 2.60. The number of carbonyl (C=O) groups is 4. The van der Waals surface area contributed by atoms with Gasteiger partial charge in [0, 0.05) is 39.0 Å². The number of rotatable bonds is 6. The largest absolute Gasteiger partial charge is 0.380 e. The van der Waals surface area contributed by atoms with Gasteiger partial charge in [-0.2, -0.15) is 0 Å². The normalized spacial score (nSPS) is 30.8. The summed E-state index contributed by atoms with van der Waals surface area (Å²) in [7, 11) is 1.61. The van der Waals surface area contributed by atoms with Crippen molar-refractivity contribution in [2.75, 3.05) is 20.2 Å². The minimum atomic E-state index is -0.876. The fourth-order valence-corrected chi connectivity index (χ4v) is 5.83. The first-order chi connectivity index (χ1) is 18.3. The second-order valence-corrected chi connectivity index (χ2v) is 11.1. The van der Waals surface area contributed by atoms with E-state index in [1.54, 1.807) is 12.0 Å². The van der Waals surface area contributed by atoms with Gasteiger partial charge in [0.05, 0.1) is 24.1 Å². The number of fused-ring (bicyclic) bond motifs is 2. The Bertz CT molecular complexity index is 1040. The molecule has 1 saturated carbocycles. The molecule has 3 aliphatic rings. The predicted octanol–water partition coefficient (Wildman–Crippen LogP) is 3.16. The van der Waals surface area contributed by atoms with E-state index in [9.17, 15) is 19.2 Å². The molecule has 1 saturated heterocycles. The van der Waals surface area contributed by atoms with Crippen LogP contribution < -0.4 is 10.6 Å². The van der Waals surface area contributed by atoms with E-state index in [1.165, 1.54) is 0 Å². The van der Waals surface area contributed by atoms with Crippen molar-refractivity contribution >= 4 is 23.5 Å². The Kier molecular flexibility index (Phi) is 9.36. The van der Waals surface area contributed by atoms with Gasteiger partial charge in [-0.05, 0) is 37.2 Å². The molecule has 0 radical (unpaired) electrons. The molecule has 0 spiro atoms. The van der Waals surface area contributed by atoms with E-state index in [0.29, 0.717) is 25.9 Å². The number of allylic oxidation sites excluding steroid dienone is 2. The Labute approximate surface area is 225 Å². The Balaban J connectivity index is 1.44. The molecule has 38 heavy (non-hydrogen) atoms. The molecule has 5 atom stereocenters. The number of nitrogens with one attached hydrogen (secondary N) is 2. The van der Waals surface area contributed by atoms with Crippen molar-refractivity contribution in [1.29, 1.82) is 0 Å². The molecule has 206 valence electrons. The van der Waals surface area contributed by atoms with E-state index in [1.807, 2.05) is 37.3 Å². The maximum Gasteiger partial charge on any atom is 0.239 e. The first-order valence-corrected chi connectivity index (χ1v) is 14.0. The van der Waals surface area contributed by atoms with Crippen LogP contribution in [-0.4, -0.2) is 60.7 Å². The summed E-state index contributed by atoms with van der Waals surface area (Å²) in [6.07, 6.45) is 9.84. The first kappa shape index (κ1) is 28.0. The van der Waals surface area contributed by atoms with Crippen LogP contribution in [0.1, 0.15) is 63.9 Å². The van der Waals surface area contributed by atoms with Gasteiger partial charge in [0.1, 0.15) is 0 Å². The molecule has 0 unspecified atom stereocenters. The SMILES string of the molecule is CO[C@@H]1C[C@H]2C(=O)C[C@]3(C(=O)NCC(=O)NCc4ccccc4)C[C@H]3/C=C\CCCCC[C@H](C)C(=O)N2C1. The van der Waals surface area contributed by atoms with Crippen molar-refractivity contribution < 1.29 is 23.9 Å². The second-order valence-electron chi connectivity index (χ2n) is 11.1. The zero-order chi connectivity index (χ0) is 27.1. The quantitative estimate of drug-likeness (QED) is 0.558. The number of amides is 3. The van der Waals surface area contributed by atoms with Crippen molar-refractivity contribution in [1.82, 2.24) is 15.5 Å². The molecule has 1 aromatic carbocycles. The molecule has 8 heteroatoms. The van der Waals surface area contributed by atoms with Crippen molar-refractivity contribution in [3.05, 3.63) is 48.0 Å². The standard InChI is InChI=1S/C30H41N3O5/c1-21-11-7-4-3-5-10-14-23-16-30(23,17-26(34)25-15-24(38-2)20-33(25)28(21)36)29(37)32-19-27(35)31-18-22-12-8-6-9-13-22/h6,8-10,12-14,21,23-25H,3-5,7,11,15-20H2,1-2H3,(H,31,35)(H,32,37)/b14-10-/t21-,23+,24+,25-,30+/m0/s1. The summed E-state index contributed by atoms with van der Waals surface area (Å²) in [5, 5.41) is 5.61. The Morgan fingerprint density at radius 2 is 1.89 bits per heavy atom. The molecule has 0 bridgehead atoms. The first-order valence-electron chi connectivity index (χ1n) is 14.0. The van der Waals surface area contributed by atoms with E-state index >= 15 is 0 Å². The molecule has 1 aliphatic carbocycles. The third-order valence-corrected chi connectivity index (χ3v) is 8.37. The molecular formula is C30H41N3O5. The number of carbonyl (C=O) groups excluding carboxylic acids is 4. The number of hydrogen-bond donors (Lipinski definition) is 2. The van der Waals surface area contributed by atoms with Gasteiger partial charge in [-0.15, -0.1) is 0 Å². The third-order valence-electron chi connectivity index (χ3n) is 8.37. The molecule has 1 aromatic rings. The Morgan fingerprint density at radius 3 is 2.66 bits per heavy atom. The van der Waals surface area contributed by atoms with Crippen molar-refractivity contribution in [3.63, 3.8) is 0 Å². The van der Waals surface area contributed by atoms with Gasteiger partial charge in [0.2, 0.25) is 17.7 Å². The monoisotopic (exact) mass is 523 g/mol. The lowest BCUT2D eigenvalue weighted by Crippen LogP contribution is -2.46. The van der Waals surface area contributed by atoms with Crippen LogP contribution in [0.4, 0.5) is 0 Å². The summed E-state index contributed by atoms with van der Waals surface area (Å²) in [5.41, 5.74) is 0.101. The number of ketones is 1. The molecule has 0 aromatic heterocycles. The molecule has 8 nitrogen and oxygen atoms in total. The Hall–Kier alpha value is -3.00. The maximum absolute atomic E-state index is 13.7. The number of methoxy groups -OCH3 is 1. The minimum Gasteiger partial charge on any atom is -0.380 e. The van der Waals surface area contributed by atoms with Gasteiger partial charge in [0.25, 0.3) is 0 Å². The van der Waals surface area contributed by atoms with Crippen molar-refractivity contribution in [2.24, 2.45) is 17.3 Å². The maximum atomic E-state index is 13.7. The predicted molar refractivity (Wildman–Crippen MR) is 144 cm³/mol. The van der Waals surface area contributed by atoms with Crippen LogP contribution in [0, 0.1) is 17.3 Å². The Morgan fingerprint density at radius 1 is 1.11 bits per heavy atom. The molecule has 2 fully saturated rings.